The minimum absolute atomic E-state index is 0.738. The second kappa shape index (κ2) is 5.12. The van der Waals surface area contributed by atoms with Gasteiger partial charge in [0.1, 0.15) is 0 Å². The zero-order chi connectivity index (χ0) is 8.97. The summed E-state index contributed by atoms with van der Waals surface area (Å²) < 4.78 is 0.779. The Kier molecular flexibility index (Phi) is 4.43. The summed E-state index contributed by atoms with van der Waals surface area (Å²) in [5.41, 5.74) is 0. The molecule has 0 amide bonds. The zero-order valence-corrected chi connectivity index (χ0v) is 8.59. The molecule has 2 heteroatoms. The molecular formula is C10H18LiN. The minimum atomic E-state index is 0.738. The Hall–Kier alpha value is 0.297. The van der Waals surface area contributed by atoms with Crippen LogP contribution in [0.15, 0.2) is 12.2 Å². The predicted molar refractivity (Wildman–Crippen MR) is 54.6 cm³/mol. The second-order valence-electron chi connectivity index (χ2n) is 3.72. The monoisotopic (exact) mass is 159 g/mol. The van der Waals surface area contributed by atoms with E-state index in [0.717, 1.165) is 10.6 Å². The zero-order valence-electron chi connectivity index (χ0n) is 8.59. The third-order valence-corrected chi connectivity index (χ3v) is 2.78. The molecule has 0 aromatic rings. The van der Waals surface area contributed by atoms with Crippen molar-refractivity contribution in [3.8, 4) is 0 Å². The topological polar surface area (TPSA) is 3.24 Å². The fourth-order valence-corrected chi connectivity index (χ4v) is 1.77. The fraction of sp³-hybridized carbons (Fsp3) is 0.800. The van der Waals surface area contributed by atoms with E-state index < -0.39 is 0 Å². The Morgan fingerprint density at radius 1 is 1.33 bits per heavy atom. The number of unbranched alkanes of at least 4 members (excludes halogenated alkanes) is 1. The molecule has 0 aliphatic heterocycles. The van der Waals surface area contributed by atoms with E-state index in [1.165, 1.54) is 25.9 Å². The van der Waals surface area contributed by atoms with Crippen LogP contribution in [-0.4, -0.2) is 41.7 Å². The van der Waals surface area contributed by atoms with Crippen LogP contribution in [0.4, 0.5) is 0 Å². The maximum absolute atomic E-state index is 2.58. The van der Waals surface area contributed by atoms with Crippen LogP contribution in [0.1, 0.15) is 26.7 Å². The van der Waals surface area contributed by atoms with Gasteiger partial charge in [0.15, 0.2) is 0 Å². The van der Waals surface area contributed by atoms with Crippen molar-refractivity contribution in [3.63, 3.8) is 0 Å². The van der Waals surface area contributed by atoms with Crippen molar-refractivity contribution in [1.29, 1.82) is 0 Å². The molecule has 64 valence electrons. The van der Waals surface area contributed by atoms with E-state index in [4.69, 9.17) is 0 Å². The third kappa shape index (κ3) is 2.39. The van der Waals surface area contributed by atoms with Crippen LogP contribution in [-0.2, 0) is 0 Å². The van der Waals surface area contributed by atoms with Crippen LogP contribution in [0.5, 0.6) is 0 Å². The summed E-state index contributed by atoms with van der Waals surface area (Å²) in [5, 5.41) is 0. The van der Waals surface area contributed by atoms with Crippen LogP contribution < -0.4 is 0 Å². The normalized spacial score (nSPS) is 27.8. The number of likely N-dealkylation sites (N-methyl/N-ethyl adjacent to an activating group) is 1. The molecule has 0 aromatic heterocycles. The first kappa shape index (κ1) is 10.4. The fourth-order valence-electron chi connectivity index (χ4n) is 1.77. The molecule has 0 aromatic carbocycles. The molecule has 1 aliphatic rings. The van der Waals surface area contributed by atoms with E-state index in [-0.39, 0.29) is 0 Å². The van der Waals surface area contributed by atoms with Gasteiger partial charge >= 0.3 is 85.2 Å². The Morgan fingerprint density at radius 3 is 2.42 bits per heavy atom. The summed E-state index contributed by atoms with van der Waals surface area (Å²) in [7, 11) is 0. The van der Waals surface area contributed by atoms with Gasteiger partial charge in [-0.25, -0.2) is 0 Å². The Morgan fingerprint density at radius 2 is 2.08 bits per heavy atom. The number of hydrogen-bond acceptors (Lipinski definition) is 1. The summed E-state index contributed by atoms with van der Waals surface area (Å²) in [5.74, 6) is 0. The van der Waals surface area contributed by atoms with Gasteiger partial charge in [-0.15, -0.1) is 0 Å². The third-order valence-electron chi connectivity index (χ3n) is 2.78. The van der Waals surface area contributed by atoms with E-state index in [9.17, 15) is 0 Å². The van der Waals surface area contributed by atoms with Crippen LogP contribution in [0.25, 0.3) is 0 Å². The molecule has 0 fully saturated rings. The molecule has 0 radical (unpaired) electrons. The van der Waals surface area contributed by atoms with Gasteiger partial charge in [-0.05, 0) is 0 Å². The van der Waals surface area contributed by atoms with Crippen molar-refractivity contribution >= 4 is 17.7 Å². The maximum atomic E-state index is 2.58. The van der Waals surface area contributed by atoms with Crippen molar-refractivity contribution in [2.45, 2.75) is 37.3 Å². The number of hydrogen-bond donors (Lipinski definition) is 0. The second-order valence-corrected chi connectivity index (χ2v) is 3.72. The number of rotatable bonds is 5. The molecule has 0 saturated carbocycles. The molecule has 12 heavy (non-hydrogen) atoms. The Labute approximate surface area is 85.4 Å². The van der Waals surface area contributed by atoms with Crippen LogP contribution in [0, 0.1) is 0 Å². The standard InChI is InChI=1S/C10H18N.Li/c1-3-5-9-11(4-2)10-7-6-8-10;/h6-8,10H,3-5,9H2,1-2H3;. The quantitative estimate of drug-likeness (QED) is 0.438. The molecule has 1 aliphatic carbocycles. The summed E-state index contributed by atoms with van der Waals surface area (Å²) in [6.45, 7) is 6.98. The van der Waals surface area contributed by atoms with Crippen molar-refractivity contribution in [2.24, 2.45) is 0 Å². The van der Waals surface area contributed by atoms with Gasteiger partial charge in [0, 0.05) is 0 Å². The molecule has 0 spiro atoms. The summed E-state index contributed by atoms with van der Waals surface area (Å²) in [6, 6.07) is 0.738. The van der Waals surface area contributed by atoms with E-state index >= 15 is 0 Å². The first-order valence-corrected chi connectivity index (χ1v) is 5.22. The molecular weight excluding hydrogens is 141 g/mol. The van der Waals surface area contributed by atoms with Crippen LogP contribution in [0.2, 0.25) is 4.59 Å². The molecule has 0 saturated heterocycles. The van der Waals surface area contributed by atoms with Crippen LogP contribution in [0.3, 0.4) is 0 Å². The van der Waals surface area contributed by atoms with Gasteiger partial charge in [0.05, 0.1) is 0 Å². The van der Waals surface area contributed by atoms with Gasteiger partial charge in [-0.2, -0.15) is 0 Å². The molecule has 1 nitrogen and oxygen atoms in total. The predicted octanol–water partition coefficient (Wildman–Crippen LogP) is 2.00. The molecule has 1 rings (SSSR count). The average molecular weight is 159 g/mol. The van der Waals surface area contributed by atoms with Crippen LogP contribution >= 0.6 is 0 Å². The molecule has 0 heterocycles. The van der Waals surface area contributed by atoms with Gasteiger partial charge in [-0.1, -0.05) is 0 Å². The Balaban J connectivity index is 2.30. The molecule has 0 N–H and O–H groups in total. The average Bonchev–Trinajstić information content (AvgIpc) is 2.09. The van der Waals surface area contributed by atoms with E-state index in [0.29, 0.717) is 0 Å². The van der Waals surface area contributed by atoms with Gasteiger partial charge < -0.3 is 0 Å². The number of nitrogens with zero attached hydrogens (tertiary/aromatic N) is 1. The summed E-state index contributed by atoms with van der Waals surface area (Å²) in [4.78, 5) is 2.58. The van der Waals surface area contributed by atoms with E-state index in [2.05, 4.69) is 48.6 Å². The molecule has 0 bridgehead atoms. The first-order chi connectivity index (χ1) is 5.79. The van der Waals surface area contributed by atoms with E-state index in [1.54, 1.807) is 0 Å². The molecule has 2 unspecified atom stereocenters. The molecule has 2 atom stereocenters. The SMILES string of the molecule is [Li][CH]1C=CC1N(CC)CCCC. The van der Waals surface area contributed by atoms with Crippen molar-refractivity contribution in [3.05, 3.63) is 12.2 Å². The van der Waals surface area contributed by atoms with Gasteiger partial charge in [0.25, 0.3) is 0 Å². The van der Waals surface area contributed by atoms with Crippen molar-refractivity contribution in [1.82, 2.24) is 4.90 Å². The van der Waals surface area contributed by atoms with Crippen molar-refractivity contribution < 1.29 is 0 Å². The first-order valence-electron chi connectivity index (χ1n) is 5.22. The Bertz CT molecular complexity index is 156. The van der Waals surface area contributed by atoms with Gasteiger partial charge in [-0.3, -0.25) is 0 Å². The summed E-state index contributed by atoms with van der Waals surface area (Å²) >= 11 is 2.30. The summed E-state index contributed by atoms with van der Waals surface area (Å²) in [6.07, 6.45) is 7.29. The van der Waals surface area contributed by atoms with Gasteiger partial charge in [0.2, 0.25) is 0 Å². The van der Waals surface area contributed by atoms with E-state index in [1.807, 2.05) is 0 Å². The van der Waals surface area contributed by atoms with Crippen molar-refractivity contribution in [2.75, 3.05) is 13.1 Å².